The number of likely N-dealkylation sites (tertiary alicyclic amines) is 1. The van der Waals surface area contributed by atoms with E-state index >= 15 is 0 Å². The van der Waals surface area contributed by atoms with E-state index in [9.17, 15) is 14.7 Å². The summed E-state index contributed by atoms with van der Waals surface area (Å²) in [5.41, 5.74) is 8.76. The zero-order valence-corrected chi connectivity index (χ0v) is 11.6. The minimum atomic E-state index is -1.000. The largest absolute Gasteiger partial charge is 0.465 e. The molecule has 0 aromatic heterocycles. The number of nitrogen functional groups attached to an aromatic ring is 1. The number of nitrogens with zero attached hydrogens (tertiary/aromatic N) is 2. The van der Waals surface area contributed by atoms with Crippen molar-refractivity contribution in [2.75, 3.05) is 23.7 Å². The van der Waals surface area contributed by atoms with Crippen LogP contribution in [0.5, 0.6) is 0 Å². The first-order chi connectivity index (χ1) is 9.90. The number of carboxylic acid groups (broad SMARTS) is 2. The number of aryl methyl sites for hydroxylation is 1. The lowest BCUT2D eigenvalue weighted by atomic mass is 9.88. The monoisotopic (exact) mass is 291 g/mol. The van der Waals surface area contributed by atoms with Crippen LogP contribution in [0.2, 0.25) is 0 Å². The molecule has 112 valence electrons. The van der Waals surface area contributed by atoms with Gasteiger partial charge in [-0.15, -0.1) is 0 Å². The third kappa shape index (κ3) is 1.96. The summed E-state index contributed by atoms with van der Waals surface area (Å²) in [6.07, 6.45) is -1.47. The lowest BCUT2D eigenvalue weighted by Gasteiger charge is -2.35. The highest BCUT2D eigenvalue weighted by molar-refractivity contribution is 5.92. The van der Waals surface area contributed by atoms with Crippen LogP contribution < -0.4 is 10.6 Å². The number of amides is 2. The summed E-state index contributed by atoms with van der Waals surface area (Å²) in [7, 11) is 0. The minimum Gasteiger partial charge on any atom is -0.465 e. The summed E-state index contributed by atoms with van der Waals surface area (Å²) in [5.74, 6) is -0.150. The second-order valence-electron chi connectivity index (χ2n) is 5.62. The number of fused-ring (bicyclic) bond motifs is 3. The molecule has 0 spiro atoms. The van der Waals surface area contributed by atoms with Crippen molar-refractivity contribution < 1.29 is 19.8 Å². The molecule has 2 unspecified atom stereocenters. The molecule has 0 radical (unpaired) electrons. The number of anilines is 2. The molecule has 2 atom stereocenters. The van der Waals surface area contributed by atoms with Crippen LogP contribution in [0.15, 0.2) is 12.1 Å². The molecule has 2 heterocycles. The average Bonchev–Trinajstić information content (AvgIpc) is 2.72. The van der Waals surface area contributed by atoms with E-state index in [2.05, 4.69) is 0 Å². The van der Waals surface area contributed by atoms with Gasteiger partial charge < -0.3 is 20.8 Å². The summed E-state index contributed by atoms with van der Waals surface area (Å²) in [4.78, 5) is 25.5. The first-order valence-electron chi connectivity index (χ1n) is 6.80. The molecule has 2 amide bonds. The number of benzene rings is 1. The highest BCUT2D eigenvalue weighted by atomic mass is 16.4. The first-order valence-corrected chi connectivity index (χ1v) is 6.80. The molecule has 2 aliphatic rings. The molecular weight excluding hydrogens is 274 g/mol. The van der Waals surface area contributed by atoms with Gasteiger partial charge in [0.15, 0.2) is 0 Å². The molecule has 1 saturated heterocycles. The van der Waals surface area contributed by atoms with Gasteiger partial charge in [-0.3, -0.25) is 4.90 Å². The number of carbonyl (C=O) groups is 2. The molecule has 0 saturated carbocycles. The Hall–Kier alpha value is -2.44. The van der Waals surface area contributed by atoms with Crippen LogP contribution >= 0.6 is 0 Å². The first kappa shape index (κ1) is 13.5. The maximum atomic E-state index is 11.6. The number of hydrogen-bond donors (Lipinski definition) is 3. The molecule has 1 fully saturated rings. The van der Waals surface area contributed by atoms with Crippen molar-refractivity contribution in [3.05, 3.63) is 23.3 Å². The summed E-state index contributed by atoms with van der Waals surface area (Å²) >= 11 is 0. The summed E-state index contributed by atoms with van der Waals surface area (Å²) < 4.78 is 0. The van der Waals surface area contributed by atoms with Crippen molar-refractivity contribution in [1.82, 2.24) is 4.90 Å². The second kappa shape index (κ2) is 4.54. The Kier molecular flexibility index (Phi) is 2.93. The highest BCUT2D eigenvalue weighted by Crippen LogP contribution is 2.47. The van der Waals surface area contributed by atoms with E-state index in [4.69, 9.17) is 10.8 Å². The van der Waals surface area contributed by atoms with Crippen molar-refractivity contribution in [2.24, 2.45) is 0 Å². The molecule has 1 aromatic carbocycles. The van der Waals surface area contributed by atoms with Gasteiger partial charge in [0, 0.05) is 24.7 Å². The zero-order chi connectivity index (χ0) is 15.3. The zero-order valence-electron chi connectivity index (χ0n) is 11.6. The van der Waals surface area contributed by atoms with Gasteiger partial charge in [0.2, 0.25) is 0 Å². The molecule has 0 aliphatic carbocycles. The van der Waals surface area contributed by atoms with Crippen LogP contribution in [-0.2, 0) is 0 Å². The molecule has 3 rings (SSSR count). The summed E-state index contributed by atoms with van der Waals surface area (Å²) in [6.45, 7) is 2.49. The van der Waals surface area contributed by atoms with Crippen molar-refractivity contribution in [2.45, 2.75) is 25.3 Å². The van der Waals surface area contributed by atoms with Gasteiger partial charge in [0.1, 0.15) is 0 Å². The number of rotatable bonds is 0. The molecular formula is C14H17N3O4. The van der Waals surface area contributed by atoms with E-state index in [1.807, 2.05) is 6.92 Å². The Morgan fingerprint density at radius 3 is 2.62 bits per heavy atom. The maximum Gasteiger partial charge on any atom is 0.412 e. The van der Waals surface area contributed by atoms with Crippen LogP contribution in [0.25, 0.3) is 0 Å². The quantitative estimate of drug-likeness (QED) is 0.633. The number of nitrogens with two attached hydrogens (primary N) is 1. The lowest BCUT2D eigenvalue weighted by Crippen LogP contribution is -2.49. The Morgan fingerprint density at radius 2 is 2.00 bits per heavy atom. The van der Waals surface area contributed by atoms with E-state index < -0.39 is 12.2 Å². The average molecular weight is 291 g/mol. The van der Waals surface area contributed by atoms with Gasteiger partial charge in [-0.2, -0.15) is 0 Å². The van der Waals surface area contributed by atoms with Gasteiger partial charge >= 0.3 is 12.2 Å². The van der Waals surface area contributed by atoms with Crippen molar-refractivity contribution in [1.29, 1.82) is 0 Å². The van der Waals surface area contributed by atoms with E-state index in [1.54, 1.807) is 12.1 Å². The highest BCUT2D eigenvalue weighted by Gasteiger charge is 2.46. The smallest absolute Gasteiger partial charge is 0.412 e. The van der Waals surface area contributed by atoms with Crippen LogP contribution in [-0.4, -0.2) is 46.4 Å². The molecule has 7 nitrogen and oxygen atoms in total. The second-order valence-corrected chi connectivity index (χ2v) is 5.62. The molecule has 7 heteroatoms. The predicted octanol–water partition coefficient (Wildman–Crippen LogP) is 1.91. The SMILES string of the molecule is Cc1cc(N)cc2c1N(C(=O)O)C1CCN(C(=O)O)CC21. The summed E-state index contributed by atoms with van der Waals surface area (Å²) in [5, 5.41) is 18.7. The predicted molar refractivity (Wildman–Crippen MR) is 76.8 cm³/mol. The van der Waals surface area contributed by atoms with Gasteiger partial charge in [0.05, 0.1) is 11.7 Å². The van der Waals surface area contributed by atoms with Crippen LogP contribution in [0.1, 0.15) is 23.5 Å². The van der Waals surface area contributed by atoms with Crippen molar-refractivity contribution >= 4 is 23.6 Å². The normalized spacial score (nSPS) is 23.7. The van der Waals surface area contributed by atoms with Gasteiger partial charge in [-0.25, -0.2) is 9.59 Å². The van der Waals surface area contributed by atoms with Gasteiger partial charge in [-0.1, -0.05) is 0 Å². The standard InChI is InChI=1S/C14H17N3O4/c1-7-4-8(15)5-9-10-6-16(13(18)19)3-2-11(10)17(12(7)9)14(20)21/h4-5,10-11H,2-3,6,15H2,1H3,(H,18,19)(H,20,21). The van der Waals surface area contributed by atoms with E-state index in [0.717, 1.165) is 11.1 Å². The third-order valence-electron chi connectivity index (χ3n) is 4.38. The fraction of sp³-hybridized carbons (Fsp3) is 0.429. The fourth-order valence-corrected chi connectivity index (χ4v) is 3.58. The van der Waals surface area contributed by atoms with Crippen molar-refractivity contribution in [3.63, 3.8) is 0 Å². The number of hydrogen-bond acceptors (Lipinski definition) is 3. The Balaban J connectivity index is 2.09. The van der Waals surface area contributed by atoms with E-state index in [-0.39, 0.29) is 12.0 Å². The van der Waals surface area contributed by atoms with E-state index in [1.165, 1.54) is 9.80 Å². The Bertz CT molecular complexity index is 631. The fourth-order valence-electron chi connectivity index (χ4n) is 3.58. The third-order valence-corrected chi connectivity index (χ3v) is 4.38. The summed E-state index contributed by atoms with van der Waals surface area (Å²) in [6, 6.07) is 3.31. The van der Waals surface area contributed by atoms with Gasteiger partial charge in [0.25, 0.3) is 0 Å². The minimum absolute atomic E-state index is 0.150. The van der Waals surface area contributed by atoms with E-state index in [0.29, 0.717) is 30.9 Å². The number of piperidine rings is 1. The molecule has 4 N–H and O–H groups in total. The van der Waals surface area contributed by atoms with Crippen LogP contribution in [0.4, 0.5) is 21.0 Å². The van der Waals surface area contributed by atoms with Crippen LogP contribution in [0.3, 0.4) is 0 Å². The molecule has 1 aromatic rings. The lowest BCUT2D eigenvalue weighted by molar-refractivity contribution is 0.126. The van der Waals surface area contributed by atoms with Crippen molar-refractivity contribution in [3.8, 4) is 0 Å². The maximum absolute atomic E-state index is 11.6. The Morgan fingerprint density at radius 1 is 1.29 bits per heavy atom. The molecule has 21 heavy (non-hydrogen) atoms. The Labute approximate surface area is 121 Å². The molecule has 2 aliphatic heterocycles. The van der Waals surface area contributed by atoms with Gasteiger partial charge in [-0.05, 0) is 36.6 Å². The topological polar surface area (TPSA) is 107 Å². The van der Waals surface area contributed by atoms with Crippen LogP contribution in [0, 0.1) is 6.92 Å². The molecule has 0 bridgehead atoms.